The van der Waals surface area contributed by atoms with E-state index in [1.54, 1.807) is 0 Å². The van der Waals surface area contributed by atoms with Gasteiger partial charge in [-0.25, -0.2) is 0 Å². The summed E-state index contributed by atoms with van der Waals surface area (Å²) in [5, 5.41) is 7.28. The summed E-state index contributed by atoms with van der Waals surface area (Å²) in [5.74, 6) is 0. The van der Waals surface area contributed by atoms with Gasteiger partial charge in [-0.3, -0.25) is 0 Å². The van der Waals surface area contributed by atoms with Gasteiger partial charge in [-0.05, 0) is 41.1 Å². The van der Waals surface area contributed by atoms with Gasteiger partial charge in [0.1, 0.15) is 22.3 Å². The van der Waals surface area contributed by atoms with Crippen molar-refractivity contribution in [3.63, 3.8) is 0 Å². The van der Waals surface area contributed by atoms with E-state index in [1.165, 1.54) is 41.7 Å². The predicted molar refractivity (Wildman–Crippen MR) is 105 cm³/mol. The van der Waals surface area contributed by atoms with Crippen molar-refractivity contribution in [2.75, 3.05) is 0 Å². The summed E-state index contributed by atoms with van der Waals surface area (Å²) in [7, 11) is 0. The average Bonchev–Trinajstić information content (AvgIpc) is 3.13. The number of rotatable bonds is 0. The van der Waals surface area contributed by atoms with Gasteiger partial charge in [0.15, 0.2) is 0 Å². The second-order valence-electron chi connectivity index (χ2n) is 6.55. The number of hydrogen-bond acceptors (Lipinski definition) is 3. The van der Waals surface area contributed by atoms with Crippen molar-refractivity contribution in [3.05, 3.63) is 60.7 Å². The molecule has 3 heteroatoms. The first kappa shape index (κ1) is 12.3. The molecular formula is C22H10O2S. The van der Waals surface area contributed by atoms with Gasteiger partial charge in [0.2, 0.25) is 0 Å². The van der Waals surface area contributed by atoms with E-state index in [1.807, 2.05) is 23.5 Å². The summed E-state index contributed by atoms with van der Waals surface area (Å²) in [6.45, 7) is 0. The summed E-state index contributed by atoms with van der Waals surface area (Å²) in [6.07, 6.45) is 0. The van der Waals surface area contributed by atoms with Crippen LogP contribution in [-0.4, -0.2) is 0 Å². The maximum absolute atomic E-state index is 6.24. The topological polar surface area (TPSA) is 26.3 Å². The van der Waals surface area contributed by atoms with E-state index in [0.717, 1.165) is 22.3 Å². The second kappa shape index (κ2) is 3.95. The highest BCUT2D eigenvalue weighted by Crippen LogP contribution is 2.47. The van der Waals surface area contributed by atoms with Crippen LogP contribution in [0, 0.1) is 0 Å². The van der Waals surface area contributed by atoms with Crippen molar-refractivity contribution in [2.24, 2.45) is 0 Å². The Labute approximate surface area is 145 Å². The van der Waals surface area contributed by atoms with E-state index in [9.17, 15) is 0 Å². The minimum Gasteiger partial charge on any atom is -0.456 e. The molecule has 4 aromatic carbocycles. The first-order valence-corrected chi connectivity index (χ1v) is 9.10. The van der Waals surface area contributed by atoms with Gasteiger partial charge in [-0.15, -0.1) is 11.3 Å². The fourth-order valence-electron chi connectivity index (χ4n) is 4.22. The normalized spacial score (nSPS) is 12.8. The fourth-order valence-corrected chi connectivity index (χ4v) is 5.49. The molecule has 0 radical (unpaired) electrons. The third-order valence-corrected chi connectivity index (χ3v) is 6.42. The van der Waals surface area contributed by atoms with Crippen LogP contribution in [0.3, 0.4) is 0 Å². The van der Waals surface area contributed by atoms with Crippen LogP contribution in [0.2, 0.25) is 0 Å². The van der Waals surface area contributed by atoms with E-state index < -0.39 is 0 Å². The minimum atomic E-state index is 0.930. The molecule has 7 rings (SSSR count). The molecule has 25 heavy (non-hydrogen) atoms. The Balaban J connectivity index is 2.02. The third kappa shape index (κ3) is 1.34. The van der Waals surface area contributed by atoms with Crippen LogP contribution in [-0.2, 0) is 0 Å². The first-order valence-electron chi connectivity index (χ1n) is 8.28. The Bertz CT molecular complexity index is 1590. The minimum absolute atomic E-state index is 0.930. The number of furan rings is 2. The molecule has 0 spiro atoms. The van der Waals surface area contributed by atoms with E-state index in [0.29, 0.717) is 0 Å². The van der Waals surface area contributed by atoms with Crippen LogP contribution >= 0.6 is 11.3 Å². The molecule has 3 aromatic heterocycles. The number of fused-ring (bicyclic) bond motifs is 2. The van der Waals surface area contributed by atoms with E-state index in [4.69, 9.17) is 8.83 Å². The third-order valence-electron chi connectivity index (χ3n) is 5.23. The van der Waals surface area contributed by atoms with Gasteiger partial charge < -0.3 is 8.83 Å². The van der Waals surface area contributed by atoms with Crippen molar-refractivity contribution < 1.29 is 8.83 Å². The highest BCUT2D eigenvalue weighted by molar-refractivity contribution is 7.25. The zero-order valence-electron chi connectivity index (χ0n) is 13.0. The van der Waals surface area contributed by atoms with Crippen molar-refractivity contribution in [1.82, 2.24) is 0 Å². The standard InChI is InChI=1S/C22H10O2S/c1-2-5-12-11(4-1)10-16-21-20-15(24-16)9-8-14-19(20)18-13(23-14)6-3-7-17(18)25-22(12)21/h1-10H. The summed E-state index contributed by atoms with van der Waals surface area (Å²) >= 11 is 1.82. The van der Waals surface area contributed by atoms with Gasteiger partial charge in [0.05, 0.1) is 0 Å². The lowest BCUT2D eigenvalue weighted by atomic mass is 10.0. The van der Waals surface area contributed by atoms with Gasteiger partial charge in [-0.2, -0.15) is 0 Å². The van der Waals surface area contributed by atoms with E-state index >= 15 is 0 Å². The van der Waals surface area contributed by atoms with Crippen molar-refractivity contribution in [3.8, 4) is 0 Å². The predicted octanol–water partition coefficient (Wildman–Crippen LogP) is 7.29. The largest absolute Gasteiger partial charge is 0.456 e. The Morgan fingerprint density at radius 1 is 0.600 bits per heavy atom. The molecule has 0 unspecified atom stereocenters. The summed E-state index contributed by atoms with van der Waals surface area (Å²) in [4.78, 5) is 0. The van der Waals surface area contributed by atoms with Gasteiger partial charge in [0.25, 0.3) is 0 Å². The van der Waals surface area contributed by atoms with Gasteiger partial charge in [0, 0.05) is 30.9 Å². The number of hydrogen-bond donors (Lipinski definition) is 0. The Morgan fingerprint density at radius 2 is 1.36 bits per heavy atom. The Hall–Kier alpha value is -3.04. The molecule has 0 N–H and O–H groups in total. The van der Waals surface area contributed by atoms with E-state index in [2.05, 4.69) is 48.5 Å². The van der Waals surface area contributed by atoms with Crippen LogP contribution in [0.15, 0.2) is 69.5 Å². The van der Waals surface area contributed by atoms with Gasteiger partial charge in [-0.1, -0.05) is 30.3 Å². The molecule has 0 saturated carbocycles. The molecule has 0 fully saturated rings. The highest BCUT2D eigenvalue weighted by atomic mass is 32.1. The monoisotopic (exact) mass is 338 g/mol. The lowest BCUT2D eigenvalue weighted by molar-refractivity contribution is 0.663. The van der Waals surface area contributed by atoms with Crippen molar-refractivity contribution in [2.45, 2.75) is 0 Å². The SMILES string of the molecule is c1ccc2c(c1)cc1oc3ccc4oc5cccc6sc2c1c3c4c56. The molecule has 7 aromatic rings. The highest BCUT2D eigenvalue weighted by Gasteiger charge is 2.21. The van der Waals surface area contributed by atoms with Crippen LogP contribution < -0.4 is 0 Å². The quantitative estimate of drug-likeness (QED) is 0.290. The molecule has 0 aliphatic heterocycles. The molecule has 0 saturated heterocycles. The van der Waals surface area contributed by atoms with Crippen LogP contribution in [0.4, 0.5) is 0 Å². The maximum atomic E-state index is 6.24. The molecular weight excluding hydrogens is 328 g/mol. The lowest BCUT2D eigenvalue weighted by Gasteiger charge is -2.00. The molecule has 0 amide bonds. The van der Waals surface area contributed by atoms with Crippen LogP contribution in [0.1, 0.15) is 0 Å². The van der Waals surface area contributed by atoms with Crippen molar-refractivity contribution in [1.29, 1.82) is 0 Å². The average molecular weight is 338 g/mol. The molecule has 3 heterocycles. The molecule has 0 atom stereocenters. The summed E-state index contributed by atoms with van der Waals surface area (Å²) in [5.41, 5.74) is 3.75. The summed E-state index contributed by atoms with van der Waals surface area (Å²) < 4.78 is 14.9. The number of benzene rings is 4. The molecule has 0 aliphatic carbocycles. The zero-order chi connectivity index (χ0) is 16.1. The fraction of sp³-hybridized carbons (Fsp3) is 0. The molecule has 0 bridgehead atoms. The zero-order valence-corrected chi connectivity index (χ0v) is 13.8. The summed E-state index contributed by atoms with van der Waals surface area (Å²) in [6, 6.07) is 21.1. The maximum Gasteiger partial charge on any atom is 0.137 e. The Kier molecular flexibility index (Phi) is 1.95. The Morgan fingerprint density at radius 3 is 2.28 bits per heavy atom. The lowest BCUT2D eigenvalue weighted by Crippen LogP contribution is -1.74. The molecule has 2 nitrogen and oxygen atoms in total. The molecule has 0 aliphatic rings. The second-order valence-corrected chi connectivity index (χ2v) is 7.60. The smallest absolute Gasteiger partial charge is 0.137 e. The first-order chi connectivity index (χ1) is 12.4. The molecule has 116 valence electrons. The van der Waals surface area contributed by atoms with Crippen LogP contribution in [0.25, 0.3) is 64.0 Å². The van der Waals surface area contributed by atoms with Crippen molar-refractivity contribution >= 4 is 75.4 Å². The van der Waals surface area contributed by atoms with E-state index in [-0.39, 0.29) is 0 Å². The van der Waals surface area contributed by atoms with Crippen LogP contribution in [0.5, 0.6) is 0 Å². The van der Waals surface area contributed by atoms with Gasteiger partial charge >= 0.3 is 0 Å².